The number of amides is 4. The molecule has 2 N–H and O–H groups in total. The predicted octanol–water partition coefficient (Wildman–Crippen LogP) is 2.73. The Hall–Kier alpha value is -3.22. The van der Waals surface area contributed by atoms with E-state index in [4.69, 9.17) is 0 Å². The summed E-state index contributed by atoms with van der Waals surface area (Å²) >= 11 is 0. The lowest BCUT2D eigenvalue weighted by atomic mass is 9.84. The highest BCUT2D eigenvalue weighted by Crippen LogP contribution is 2.23. The summed E-state index contributed by atoms with van der Waals surface area (Å²) in [5.74, 6) is -1.16. The van der Waals surface area contributed by atoms with Crippen LogP contribution in [0.5, 0.6) is 0 Å². The van der Waals surface area contributed by atoms with Crippen molar-refractivity contribution in [2.24, 2.45) is 0 Å². The minimum absolute atomic E-state index is 0.160. The lowest BCUT2D eigenvalue weighted by Crippen LogP contribution is -2.41. The van der Waals surface area contributed by atoms with Gasteiger partial charge in [-0.05, 0) is 29.8 Å². The molecule has 28 heavy (non-hydrogen) atoms. The van der Waals surface area contributed by atoms with E-state index in [9.17, 15) is 18.8 Å². The molecule has 3 rings (SSSR count). The van der Waals surface area contributed by atoms with E-state index >= 15 is 0 Å². The number of hydrogen-bond acceptors (Lipinski definition) is 3. The molecule has 1 aliphatic heterocycles. The summed E-state index contributed by atoms with van der Waals surface area (Å²) < 4.78 is 13.5. The molecule has 0 saturated carbocycles. The Bertz CT molecular complexity index is 899. The van der Waals surface area contributed by atoms with Gasteiger partial charge in [0, 0.05) is 12.0 Å². The number of nitrogens with one attached hydrogen (secondary N) is 2. The van der Waals surface area contributed by atoms with E-state index in [1.807, 2.05) is 13.8 Å². The minimum atomic E-state index is -0.912. The van der Waals surface area contributed by atoms with Gasteiger partial charge in [-0.2, -0.15) is 0 Å². The molecule has 1 atom stereocenters. The number of hydrogen-bond donors (Lipinski definition) is 2. The van der Waals surface area contributed by atoms with Crippen molar-refractivity contribution in [1.29, 1.82) is 0 Å². The quantitative estimate of drug-likeness (QED) is 0.753. The fourth-order valence-electron chi connectivity index (χ4n) is 3.08. The van der Waals surface area contributed by atoms with Gasteiger partial charge in [0.15, 0.2) is 0 Å². The topological polar surface area (TPSA) is 78.5 Å². The lowest BCUT2D eigenvalue weighted by molar-refractivity contribution is -0.125. The first-order valence-corrected chi connectivity index (χ1v) is 9.00. The first-order chi connectivity index (χ1) is 13.3. The molecular weight excluding hydrogens is 361 g/mol. The van der Waals surface area contributed by atoms with Crippen molar-refractivity contribution in [2.45, 2.75) is 31.7 Å². The van der Waals surface area contributed by atoms with Crippen molar-refractivity contribution >= 4 is 23.5 Å². The highest BCUT2D eigenvalue weighted by Gasteiger charge is 2.40. The van der Waals surface area contributed by atoms with Crippen molar-refractivity contribution in [2.75, 3.05) is 11.4 Å². The summed E-state index contributed by atoms with van der Waals surface area (Å²) in [6.45, 7) is 4.05. The van der Waals surface area contributed by atoms with E-state index in [1.165, 1.54) is 12.1 Å². The molecule has 146 valence electrons. The predicted molar refractivity (Wildman–Crippen MR) is 103 cm³/mol. The molecule has 2 aromatic rings. The molecule has 0 bridgehead atoms. The molecule has 2 aromatic carbocycles. The van der Waals surface area contributed by atoms with Gasteiger partial charge >= 0.3 is 6.03 Å². The number of para-hydroxylation sites is 1. The van der Waals surface area contributed by atoms with E-state index < -0.39 is 23.4 Å². The van der Waals surface area contributed by atoms with Crippen molar-refractivity contribution in [3.05, 3.63) is 66.0 Å². The zero-order chi connectivity index (χ0) is 20.3. The summed E-state index contributed by atoms with van der Waals surface area (Å²) in [6, 6.07) is 13.3. The Labute approximate surface area is 162 Å². The van der Waals surface area contributed by atoms with E-state index in [0.717, 1.165) is 10.5 Å². The largest absolute Gasteiger partial charge is 0.355 e. The van der Waals surface area contributed by atoms with Crippen LogP contribution in [0.4, 0.5) is 14.9 Å². The normalized spacial score (nSPS) is 16.8. The van der Waals surface area contributed by atoms with Gasteiger partial charge in [-0.1, -0.05) is 44.2 Å². The van der Waals surface area contributed by atoms with Crippen molar-refractivity contribution in [3.8, 4) is 0 Å². The number of carbonyl (C=O) groups excluding carboxylic acids is 3. The van der Waals surface area contributed by atoms with Crippen LogP contribution in [-0.4, -0.2) is 30.4 Å². The summed E-state index contributed by atoms with van der Waals surface area (Å²) in [5, 5.41) is 5.32. The maximum absolute atomic E-state index is 13.5. The van der Waals surface area contributed by atoms with Crippen molar-refractivity contribution < 1.29 is 18.8 Å². The van der Waals surface area contributed by atoms with Crippen molar-refractivity contribution in [1.82, 2.24) is 10.6 Å². The van der Waals surface area contributed by atoms with Crippen LogP contribution >= 0.6 is 0 Å². The molecule has 1 heterocycles. The highest BCUT2D eigenvalue weighted by molar-refractivity contribution is 6.22. The van der Waals surface area contributed by atoms with Crippen LogP contribution in [-0.2, 0) is 15.0 Å². The van der Waals surface area contributed by atoms with E-state index in [-0.39, 0.29) is 24.7 Å². The van der Waals surface area contributed by atoms with Gasteiger partial charge in [0.25, 0.3) is 5.91 Å². The summed E-state index contributed by atoms with van der Waals surface area (Å²) in [6.07, 6.45) is -0.160. The molecule has 1 aliphatic rings. The van der Waals surface area contributed by atoms with Gasteiger partial charge in [0.05, 0.1) is 12.1 Å². The molecule has 1 fully saturated rings. The smallest absolute Gasteiger partial charge is 0.329 e. The average Bonchev–Trinajstić information content (AvgIpc) is 2.94. The van der Waals surface area contributed by atoms with Crippen LogP contribution in [0.1, 0.15) is 25.8 Å². The Morgan fingerprint density at radius 2 is 1.86 bits per heavy atom. The Balaban J connectivity index is 1.59. The highest BCUT2D eigenvalue weighted by atomic mass is 19.1. The second-order valence-corrected chi connectivity index (χ2v) is 7.39. The van der Waals surface area contributed by atoms with E-state index in [2.05, 4.69) is 10.6 Å². The first-order valence-electron chi connectivity index (χ1n) is 9.00. The standard InChI is InChI=1S/C21H22FN3O3/c1-21(2,14-7-6-8-15(22)11-14)13-23-18(26)12-17-19(27)25(20(28)24-17)16-9-4-3-5-10-16/h3-11,17H,12-13H2,1-2H3,(H,23,26)(H,24,28). The minimum Gasteiger partial charge on any atom is -0.355 e. The first kappa shape index (κ1) is 19.5. The van der Waals surface area contributed by atoms with Gasteiger partial charge in [-0.15, -0.1) is 0 Å². The number of rotatable bonds is 6. The summed E-state index contributed by atoms with van der Waals surface area (Å²) in [4.78, 5) is 38.0. The SMILES string of the molecule is CC(C)(CNC(=O)CC1NC(=O)N(c2ccccc2)C1=O)c1cccc(F)c1. The van der Waals surface area contributed by atoms with Crippen LogP contribution in [0.25, 0.3) is 0 Å². The summed E-state index contributed by atoms with van der Waals surface area (Å²) in [7, 11) is 0. The number of halogens is 1. The third kappa shape index (κ3) is 4.19. The molecule has 0 aliphatic carbocycles. The van der Waals surface area contributed by atoms with Crippen molar-refractivity contribution in [3.63, 3.8) is 0 Å². The average molecular weight is 383 g/mol. The van der Waals surface area contributed by atoms with Crippen LogP contribution in [0.3, 0.4) is 0 Å². The van der Waals surface area contributed by atoms with Gasteiger partial charge in [-0.25, -0.2) is 14.1 Å². The monoisotopic (exact) mass is 383 g/mol. The molecule has 1 unspecified atom stereocenters. The lowest BCUT2D eigenvalue weighted by Gasteiger charge is -2.26. The molecule has 7 heteroatoms. The summed E-state index contributed by atoms with van der Waals surface area (Å²) in [5.41, 5.74) is 0.727. The fraction of sp³-hybridized carbons (Fsp3) is 0.286. The van der Waals surface area contributed by atoms with Crippen LogP contribution in [0.2, 0.25) is 0 Å². The molecule has 0 aromatic heterocycles. The Morgan fingerprint density at radius 3 is 2.54 bits per heavy atom. The number of nitrogens with zero attached hydrogens (tertiary/aromatic N) is 1. The Kier molecular flexibility index (Phi) is 5.44. The van der Waals surface area contributed by atoms with E-state index in [1.54, 1.807) is 42.5 Å². The molecule has 4 amide bonds. The van der Waals surface area contributed by atoms with Crippen LogP contribution in [0, 0.1) is 5.82 Å². The van der Waals surface area contributed by atoms with Crippen LogP contribution in [0.15, 0.2) is 54.6 Å². The van der Waals surface area contributed by atoms with E-state index in [0.29, 0.717) is 5.69 Å². The zero-order valence-corrected chi connectivity index (χ0v) is 15.7. The van der Waals surface area contributed by atoms with Gasteiger partial charge in [-0.3, -0.25) is 9.59 Å². The molecule has 0 radical (unpaired) electrons. The number of imide groups is 1. The van der Waals surface area contributed by atoms with Gasteiger partial charge < -0.3 is 10.6 Å². The fourth-order valence-corrected chi connectivity index (χ4v) is 3.08. The van der Waals surface area contributed by atoms with Gasteiger partial charge in [0.1, 0.15) is 11.9 Å². The maximum Gasteiger partial charge on any atom is 0.329 e. The zero-order valence-electron chi connectivity index (χ0n) is 15.7. The van der Waals surface area contributed by atoms with Crippen LogP contribution < -0.4 is 15.5 Å². The maximum atomic E-state index is 13.5. The third-order valence-corrected chi connectivity index (χ3v) is 4.76. The number of urea groups is 1. The molecular formula is C21H22FN3O3. The molecule has 1 saturated heterocycles. The number of anilines is 1. The second kappa shape index (κ2) is 7.80. The Morgan fingerprint density at radius 1 is 1.14 bits per heavy atom. The van der Waals surface area contributed by atoms with Gasteiger partial charge in [0.2, 0.25) is 5.91 Å². The third-order valence-electron chi connectivity index (χ3n) is 4.76. The molecule has 6 nitrogen and oxygen atoms in total. The number of carbonyl (C=O) groups is 3. The number of benzene rings is 2. The molecule has 0 spiro atoms. The second-order valence-electron chi connectivity index (χ2n) is 7.39.